The number of amides is 1. The van der Waals surface area contributed by atoms with Crippen molar-refractivity contribution in [1.29, 1.82) is 0 Å². The lowest BCUT2D eigenvalue weighted by molar-refractivity contribution is 0.0609. The molecular formula is C11H17F2N3O3S. The second-order valence-corrected chi connectivity index (χ2v) is 6.25. The molecular weight excluding hydrogens is 292 g/mol. The molecule has 0 aliphatic carbocycles. The maximum absolute atomic E-state index is 12.3. The highest BCUT2D eigenvalue weighted by Crippen LogP contribution is 2.19. The van der Waals surface area contributed by atoms with Crippen molar-refractivity contribution in [2.24, 2.45) is 5.14 Å². The monoisotopic (exact) mass is 309 g/mol. The average Bonchev–Trinajstić information content (AvgIpc) is 2.71. The van der Waals surface area contributed by atoms with E-state index in [1.807, 2.05) is 0 Å². The van der Waals surface area contributed by atoms with Crippen LogP contribution in [0.5, 0.6) is 0 Å². The predicted molar refractivity (Wildman–Crippen MR) is 69.2 cm³/mol. The van der Waals surface area contributed by atoms with Crippen LogP contribution >= 0.6 is 0 Å². The van der Waals surface area contributed by atoms with E-state index in [1.54, 1.807) is 13.8 Å². The van der Waals surface area contributed by atoms with Gasteiger partial charge < -0.3 is 9.47 Å². The molecule has 114 valence electrons. The Morgan fingerprint density at radius 2 is 2.00 bits per heavy atom. The highest BCUT2D eigenvalue weighted by Gasteiger charge is 2.23. The van der Waals surface area contributed by atoms with Gasteiger partial charge in [0.15, 0.2) is 0 Å². The van der Waals surface area contributed by atoms with Crippen LogP contribution in [-0.4, -0.2) is 43.8 Å². The van der Waals surface area contributed by atoms with Crippen LogP contribution in [0.15, 0.2) is 17.2 Å². The topological polar surface area (TPSA) is 85.4 Å². The zero-order chi connectivity index (χ0) is 15.7. The first kappa shape index (κ1) is 16.6. The lowest BCUT2D eigenvalue weighted by atomic mass is 10.3. The van der Waals surface area contributed by atoms with E-state index in [1.165, 1.54) is 17.8 Å². The minimum absolute atomic E-state index is 0.00664. The molecule has 0 saturated heterocycles. The van der Waals surface area contributed by atoms with E-state index in [0.717, 1.165) is 11.0 Å². The molecule has 9 heteroatoms. The molecule has 1 amide bonds. The van der Waals surface area contributed by atoms with Crippen LogP contribution in [0.3, 0.4) is 0 Å². The Hall–Kier alpha value is -1.48. The molecule has 0 aromatic carbocycles. The van der Waals surface area contributed by atoms with Gasteiger partial charge in [0, 0.05) is 19.3 Å². The zero-order valence-corrected chi connectivity index (χ0v) is 12.2. The molecule has 1 heterocycles. The van der Waals surface area contributed by atoms with Gasteiger partial charge in [-0.25, -0.2) is 22.3 Å². The van der Waals surface area contributed by atoms with E-state index in [2.05, 4.69) is 0 Å². The number of sulfonamides is 1. The average molecular weight is 309 g/mol. The predicted octanol–water partition coefficient (Wildman–Crippen LogP) is 1.05. The molecule has 20 heavy (non-hydrogen) atoms. The molecule has 0 unspecified atom stereocenters. The van der Waals surface area contributed by atoms with Gasteiger partial charge in [0.05, 0.1) is 6.54 Å². The van der Waals surface area contributed by atoms with Crippen molar-refractivity contribution in [2.75, 3.05) is 13.6 Å². The van der Waals surface area contributed by atoms with Gasteiger partial charge in [-0.1, -0.05) is 0 Å². The number of hydrogen-bond acceptors (Lipinski definition) is 3. The summed E-state index contributed by atoms with van der Waals surface area (Å²) in [6.07, 6.45) is -1.44. The number of nitrogens with two attached hydrogens (primary N) is 1. The van der Waals surface area contributed by atoms with Crippen molar-refractivity contribution >= 4 is 15.9 Å². The van der Waals surface area contributed by atoms with Gasteiger partial charge in [-0.2, -0.15) is 0 Å². The number of carbonyl (C=O) groups is 1. The first-order chi connectivity index (χ1) is 9.04. The minimum atomic E-state index is -3.96. The van der Waals surface area contributed by atoms with E-state index < -0.39 is 28.9 Å². The summed E-state index contributed by atoms with van der Waals surface area (Å²) in [5, 5.41) is 5.01. The van der Waals surface area contributed by atoms with Gasteiger partial charge >= 0.3 is 0 Å². The van der Waals surface area contributed by atoms with Crippen molar-refractivity contribution < 1.29 is 22.0 Å². The van der Waals surface area contributed by atoms with Crippen LogP contribution in [-0.2, 0) is 10.0 Å². The summed E-state index contributed by atoms with van der Waals surface area (Å²) in [4.78, 5) is 12.7. The number of aromatic nitrogens is 1. The largest absolute Gasteiger partial charge is 0.340 e. The number of alkyl halides is 2. The summed E-state index contributed by atoms with van der Waals surface area (Å²) in [7, 11) is -2.74. The first-order valence-electron chi connectivity index (χ1n) is 5.82. The van der Waals surface area contributed by atoms with Gasteiger partial charge in [0.25, 0.3) is 12.3 Å². The number of hydrogen-bond donors (Lipinski definition) is 1. The first-order valence-corrected chi connectivity index (χ1v) is 7.37. The molecule has 1 aromatic heterocycles. The maximum Gasteiger partial charge on any atom is 0.270 e. The zero-order valence-electron chi connectivity index (χ0n) is 11.4. The number of carbonyl (C=O) groups excluding carboxylic acids is 1. The van der Waals surface area contributed by atoms with Crippen LogP contribution in [0.2, 0.25) is 0 Å². The fraction of sp³-hybridized carbons (Fsp3) is 0.545. The maximum atomic E-state index is 12.3. The third-order valence-corrected chi connectivity index (χ3v) is 3.57. The lowest BCUT2D eigenvalue weighted by Crippen LogP contribution is -2.32. The smallest absolute Gasteiger partial charge is 0.270 e. The van der Waals surface area contributed by atoms with Crippen molar-refractivity contribution in [2.45, 2.75) is 31.2 Å². The molecule has 0 aliphatic heterocycles. The standard InChI is InChI=1S/C11H17F2N3O3S/c1-7(2)16-5-8(20(14,18)19)4-9(16)11(17)15(3)6-10(12)13/h4-5,7,10H,6H2,1-3H3,(H2,14,18,19). The van der Waals surface area contributed by atoms with E-state index >= 15 is 0 Å². The lowest BCUT2D eigenvalue weighted by Gasteiger charge is -2.19. The molecule has 0 radical (unpaired) electrons. The van der Waals surface area contributed by atoms with E-state index in [4.69, 9.17) is 5.14 Å². The molecule has 0 saturated carbocycles. The van der Waals surface area contributed by atoms with Crippen molar-refractivity contribution in [1.82, 2.24) is 9.47 Å². The number of rotatable bonds is 5. The normalized spacial score (nSPS) is 12.2. The fourth-order valence-corrected chi connectivity index (χ4v) is 2.23. The molecule has 1 aromatic rings. The second-order valence-electron chi connectivity index (χ2n) is 4.68. The third kappa shape index (κ3) is 3.76. The summed E-state index contributed by atoms with van der Waals surface area (Å²) in [5.41, 5.74) is 0.00664. The van der Waals surface area contributed by atoms with Crippen molar-refractivity contribution in [3.8, 4) is 0 Å². The van der Waals surface area contributed by atoms with Crippen LogP contribution < -0.4 is 5.14 Å². The molecule has 0 bridgehead atoms. The Labute approximate surface area is 116 Å². The van der Waals surface area contributed by atoms with Gasteiger partial charge in [-0.15, -0.1) is 0 Å². The van der Waals surface area contributed by atoms with Gasteiger partial charge in [-0.05, 0) is 19.9 Å². The highest BCUT2D eigenvalue weighted by atomic mass is 32.2. The minimum Gasteiger partial charge on any atom is -0.340 e. The SMILES string of the molecule is CC(C)n1cc(S(N)(=O)=O)cc1C(=O)N(C)CC(F)F. The second kappa shape index (κ2) is 5.88. The summed E-state index contributed by atoms with van der Waals surface area (Å²) in [6.45, 7) is 2.74. The quantitative estimate of drug-likeness (QED) is 0.882. The number of primary sulfonamides is 1. The Kier molecular flexibility index (Phi) is 4.87. The summed E-state index contributed by atoms with van der Waals surface area (Å²) >= 11 is 0. The Morgan fingerprint density at radius 3 is 2.40 bits per heavy atom. The van der Waals surface area contributed by atoms with Crippen molar-refractivity contribution in [3.63, 3.8) is 0 Å². The van der Waals surface area contributed by atoms with E-state index in [9.17, 15) is 22.0 Å². The van der Waals surface area contributed by atoms with E-state index in [0.29, 0.717) is 0 Å². The Bertz CT molecular complexity index is 596. The Balaban J connectivity index is 3.23. The Morgan fingerprint density at radius 1 is 1.45 bits per heavy atom. The summed E-state index contributed by atoms with van der Waals surface area (Å²) in [5.74, 6) is -0.686. The third-order valence-electron chi connectivity index (χ3n) is 2.69. The van der Waals surface area contributed by atoms with Crippen LogP contribution in [0.25, 0.3) is 0 Å². The summed E-state index contributed by atoms with van der Waals surface area (Å²) < 4.78 is 48.6. The number of halogens is 2. The number of nitrogens with zero attached hydrogens (tertiary/aromatic N) is 2. The van der Waals surface area contributed by atoms with E-state index in [-0.39, 0.29) is 16.6 Å². The molecule has 1 rings (SSSR count). The van der Waals surface area contributed by atoms with Crippen LogP contribution in [0, 0.1) is 0 Å². The summed E-state index contributed by atoms with van der Waals surface area (Å²) in [6, 6.07) is 0.879. The molecule has 0 spiro atoms. The van der Waals surface area contributed by atoms with Gasteiger partial charge in [0.1, 0.15) is 10.6 Å². The fourth-order valence-electron chi connectivity index (χ4n) is 1.69. The molecule has 0 fully saturated rings. The van der Waals surface area contributed by atoms with Gasteiger partial charge in [0.2, 0.25) is 10.0 Å². The van der Waals surface area contributed by atoms with Gasteiger partial charge in [-0.3, -0.25) is 4.79 Å². The highest BCUT2D eigenvalue weighted by molar-refractivity contribution is 7.89. The molecule has 0 atom stereocenters. The molecule has 0 aliphatic rings. The van der Waals surface area contributed by atoms with Crippen LogP contribution in [0.1, 0.15) is 30.4 Å². The van der Waals surface area contributed by atoms with Crippen molar-refractivity contribution in [3.05, 3.63) is 18.0 Å². The molecule has 2 N–H and O–H groups in total. The molecule has 6 nitrogen and oxygen atoms in total. The van der Waals surface area contributed by atoms with Crippen LogP contribution in [0.4, 0.5) is 8.78 Å².